The van der Waals surface area contributed by atoms with Crippen LogP contribution in [0.25, 0.3) is 0 Å². The molecule has 2 aromatic rings. The van der Waals surface area contributed by atoms with E-state index in [0.717, 1.165) is 31.6 Å². The number of carbonyl (C=O) groups is 1. The Hall–Kier alpha value is -2.22. The lowest BCUT2D eigenvalue weighted by Crippen LogP contribution is -2.25. The van der Waals surface area contributed by atoms with Crippen molar-refractivity contribution >= 4 is 5.91 Å². The van der Waals surface area contributed by atoms with Gasteiger partial charge in [0, 0.05) is 31.5 Å². The van der Waals surface area contributed by atoms with Crippen molar-refractivity contribution in [1.29, 1.82) is 0 Å². The molecular weight excluding hydrogens is 270 g/mol. The summed E-state index contributed by atoms with van der Waals surface area (Å²) in [5, 5.41) is 14.7. The minimum absolute atomic E-state index is 0.0925. The van der Waals surface area contributed by atoms with Crippen molar-refractivity contribution in [2.75, 3.05) is 13.1 Å². The molecule has 0 bridgehead atoms. The number of aromatic nitrogens is 5. The lowest BCUT2D eigenvalue weighted by Gasteiger charge is -2.06. The highest BCUT2D eigenvalue weighted by atomic mass is 16.1. The molecule has 0 atom stereocenters. The Labute approximate surface area is 123 Å². The Balaban J connectivity index is 1.79. The Kier molecular flexibility index (Phi) is 5.44. The molecule has 0 radical (unpaired) electrons. The fourth-order valence-corrected chi connectivity index (χ4v) is 2.03. The van der Waals surface area contributed by atoms with Crippen LogP contribution < -0.4 is 11.1 Å². The quantitative estimate of drug-likeness (QED) is 0.664. The standard InChI is InChI=1S/C13H21N7O/c1-11-12(10-17-20(11)8-2-4-14)13(21)15-5-3-7-19-9-6-16-18-19/h6,9-10H,2-5,7-8,14H2,1H3,(H,15,21). The van der Waals surface area contributed by atoms with E-state index >= 15 is 0 Å². The first-order valence-electron chi connectivity index (χ1n) is 7.07. The van der Waals surface area contributed by atoms with Crippen LogP contribution >= 0.6 is 0 Å². The monoisotopic (exact) mass is 291 g/mol. The van der Waals surface area contributed by atoms with E-state index in [-0.39, 0.29) is 5.91 Å². The van der Waals surface area contributed by atoms with Crippen LogP contribution in [0, 0.1) is 6.92 Å². The third-order valence-electron chi connectivity index (χ3n) is 3.24. The van der Waals surface area contributed by atoms with Crippen molar-refractivity contribution in [3.63, 3.8) is 0 Å². The summed E-state index contributed by atoms with van der Waals surface area (Å²) >= 11 is 0. The largest absolute Gasteiger partial charge is 0.352 e. The van der Waals surface area contributed by atoms with Crippen molar-refractivity contribution < 1.29 is 4.79 Å². The van der Waals surface area contributed by atoms with Gasteiger partial charge >= 0.3 is 0 Å². The fraction of sp³-hybridized carbons (Fsp3) is 0.538. The molecule has 0 saturated heterocycles. The van der Waals surface area contributed by atoms with Crippen LogP contribution in [0.1, 0.15) is 28.9 Å². The molecular formula is C13H21N7O. The smallest absolute Gasteiger partial charge is 0.254 e. The number of nitrogens with zero attached hydrogens (tertiary/aromatic N) is 5. The van der Waals surface area contributed by atoms with Gasteiger partial charge in [-0.1, -0.05) is 5.21 Å². The summed E-state index contributed by atoms with van der Waals surface area (Å²) in [5.74, 6) is -0.0925. The van der Waals surface area contributed by atoms with Crippen molar-refractivity contribution in [1.82, 2.24) is 30.1 Å². The van der Waals surface area contributed by atoms with Crippen LogP contribution in [-0.4, -0.2) is 43.8 Å². The molecule has 0 fully saturated rings. The van der Waals surface area contributed by atoms with Gasteiger partial charge < -0.3 is 11.1 Å². The van der Waals surface area contributed by atoms with E-state index in [2.05, 4.69) is 20.7 Å². The lowest BCUT2D eigenvalue weighted by molar-refractivity contribution is 0.0952. The van der Waals surface area contributed by atoms with Crippen LogP contribution in [0.4, 0.5) is 0 Å². The number of aryl methyl sites for hydroxylation is 2. The number of carbonyl (C=O) groups excluding carboxylic acids is 1. The third kappa shape index (κ3) is 4.12. The molecule has 2 aromatic heterocycles. The van der Waals surface area contributed by atoms with E-state index in [1.165, 1.54) is 0 Å². The molecule has 2 rings (SSSR count). The highest BCUT2D eigenvalue weighted by Crippen LogP contribution is 2.07. The van der Waals surface area contributed by atoms with Crippen molar-refractivity contribution in [3.05, 3.63) is 29.8 Å². The Morgan fingerprint density at radius 1 is 1.38 bits per heavy atom. The van der Waals surface area contributed by atoms with Crippen molar-refractivity contribution in [2.24, 2.45) is 5.73 Å². The highest BCUT2D eigenvalue weighted by molar-refractivity contribution is 5.94. The van der Waals surface area contributed by atoms with Crippen molar-refractivity contribution in [2.45, 2.75) is 32.9 Å². The second-order valence-corrected chi connectivity index (χ2v) is 4.78. The van der Waals surface area contributed by atoms with Gasteiger partial charge in [0.15, 0.2) is 0 Å². The van der Waals surface area contributed by atoms with E-state index < -0.39 is 0 Å². The number of hydrogen-bond acceptors (Lipinski definition) is 5. The van der Waals surface area contributed by atoms with Gasteiger partial charge in [-0.3, -0.25) is 14.2 Å². The summed E-state index contributed by atoms with van der Waals surface area (Å²) in [6.45, 7) is 4.57. The lowest BCUT2D eigenvalue weighted by atomic mass is 10.2. The highest BCUT2D eigenvalue weighted by Gasteiger charge is 2.13. The fourth-order valence-electron chi connectivity index (χ4n) is 2.03. The number of nitrogens with two attached hydrogens (primary N) is 1. The summed E-state index contributed by atoms with van der Waals surface area (Å²) in [4.78, 5) is 12.1. The van der Waals surface area contributed by atoms with Crippen LogP contribution in [0.2, 0.25) is 0 Å². The van der Waals surface area contributed by atoms with E-state index in [9.17, 15) is 4.79 Å². The van der Waals surface area contributed by atoms with Crippen LogP contribution in [0.3, 0.4) is 0 Å². The predicted octanol–water partition coefficient (Wildman–Crippen LogP) is -0.0481. The summed E-state index contributed by atoms with van der Waals surface area (Å²) in [6, 6.07) is 0. The molecule has 0 aliphatic carbocycles. The SMILES string of the molecule is Cc1c(C(=O)NCCCn2ccnn2)cnn1CCCN. The normalized spacial score (nSPS) is 10.8. The Morgan fingerprint density at radius 2 is 2.24 bits per heavy atom. The zero-order valence-corrected chi connectivity index (χ0v) is 12.2. The Morgan fingerprint density at radius 3 is 2.95 bits per heavy atom. The molecule has 8 heteroatoms. The average Bonchev–Trinajstić information content (AvgIpc) is 3.11. The van der Waals surface area contributed by atoms with E-state index in [4.69, 9.17) is 5.73 Å². The number of hydrogen-bond donors (Lipinski definition) is 2. The molecule has 0 spiro atoms. The minimum Gasteiger partial charge on any atom is -0.352 e. The molecule has 21 heavy (non-hydrogen) atoms. The summed E-state index contributed by atoms with van der Waals surface area (Å²) < 4.78 is 3.55. The van der Waals surface area contributed by atoms with Crippen LogP contribution in [0.5, 0.6) is 0 Å². The average molecular weight is 291 g/mol. The van der Waals surface area contributed by atoms with Gasteiger partial charge in [-0.05, 0) is 26.3 Å². The molecule has 8 nitrogen and oxygen atoms in total. The zero-order valence-electron chi connectivity index (χ0n) is 12.2. The van der Waals surface area contributed by atoms with Gasteiger partial charge in [-0.2, -0.15) is 5.10 Å². The van der Waals surface area contributed by atoms with Gasteiger partial charge in [0.1, 0.15) is 0 Å². The molecule has 1 amide bonds. The molecule has 0 aliphatic rings. The summed E-state index contributed by atoms with van der Waals surface area (Å²) in [6.07, 6.45) is 6.70. The molecule has 0 saturated carbocycles. The van der Waals surface area contributed by atoms with E-state index in [1.807, 2.05) is 11.6 Å². The second-order valence-electron chi connectivity index (χ2n) is 4.78. The molecule has 0 aliphatic heterocycles. The van der Waals surface area contributed by atoms with Gasteiger partial charge in [-0.15, -0.1) is 5.10 Å². The van der Waals surface area contributed by atoms with Gasteiger partial charge in [0.05, 0.1) is 18.0 Å². The van der Waals surface area contributed by atoms with Crippen LogP contribution in [0.15, 0.2) is 18.6 Å². The topological polar surface area (TPSA) is 104 Å². The van der Waals surface area contributed by atoms with Gasteiger partial charge in [0.25, 0.3) is 5.91 Å². The summed E-state index contributed by atoms with van der Waals surface area (Å²) in [5.41, 5.74) is 6.97. The second kappa shape index (κ2) is 7.53. The first-order valence-corrected chi connectivity index (χ1v) is 7.07. The molecule has 3 N–H and O–H groups in total. The Bertz CT molecular complexity index is 561. The molecule has 2 heterocycles. The van der Waals surface area contributed by atoms with Gasteiger partial charge in [-0.25, -0.2) is 0 Å². The number of nitrogens with one attached hydrogen (secondary N) is 1. The minimum atomic E-state index is -0.0925. The number of rotatable bonds is 8. The predicted molar refractivity (Wildman–Crippen MR) is 77.6 cm³/mol. The molecule has 0 aromatic carbocycles. The maximum Gasteiger partial charge on any atom is 0.254 e. The van der Waals surface area contributed by atoms with E-state index in [1.54, 1.807) is 23.3 Å². The maximum absolute atomic E-state index is 12.1. The maximum atomic E-state index is 12.1. The first-order chi connectivity index (χ1) is 10.2. The number of amides is 1. The molecule has 0 unspecified atom stereocenters. The van der Waals surface area contributed by atoms with Crippen molar-refractivity contribution in [3.8, 4) is 0 Å². The first kappa shape index (κ1) is 15.2. The molecule has 114 valence electrons. The van der Waals surface area contributed by atoms with Crippen LogP contribution in [-0.2, 0) is 13.1 Å². The van der Waals surface area contributed by atoms with E-state index in [0.29, 0.717) is 18.7 Å². The van der Waals surface area contributed by atoms with Gasteiger partial charge in [0.2, 0.25) is 0 Å². The third-order valence-corrected chi connectivity index (χ3v) is 3.24. The summed E-state index contributed by atoms with van der Waals surface area (Å²) in [7, 11) is 0. The zero-order chi connectivity index (χ0) is 15.1.